The Morgan fingerprint density at radius 2 is 1.60 bits per heavy atom. The first-order valence-electron chi connectivity index (χ1n) is 4.33. The van der Waals surface area contributed by atoms with Crippen LogP contribution in [0.1, 0.15) is 34.1 Å². The minimum Gasteiger partial charge on any atom is -0.0859 e. The third-order valence-corrected chi connectivity index (χ3v) is 2.81. The maximum atomic E-state index is 5.57. The fraction of sp³-hybridized carbons (Fsp3) is 1.00. The molecule has 58 valence electrons. The zero-order valence-corrected chi connectivity index (χ0v) is 7.72. The van der Waals surface area contributed by atoms with Crippen molar-refractivity contribution in [2.45, 2.75) is 40.4 Å². The Labute approximate surface area is 66.8 Å². The second-order valence-electron chi connectivity index (χ2n) is 3.46. The standard InChI is InChI=1S/C9H19B/c1-5-7(2)9(4)8(3)6-10/h7-9H,5-6H2,1-4H3. The number of hydrogen-bond donors (Lipinski definition) is 0. The molecule has 0 spiro atoms. The van der Waals surface area contributed by atoms with Gasteiger partial charge in [-0.25, -0.2) is 0 Å². The lowest BCUT2D eigenvalue weighted by Gasteiger charge is -2.24. The van der Waals surface area contributed by atoms with E-state index >= 15 is 0 Å². The predicted molar refractivity (Wildman–Crippen MR) is 48.3 cm³/mol. The zero-order valence-electron chi connectivity index (χ0n) is 7.72. The van der Waals surface area contributed by atoms with Crippen molar-refractivity contribution in [2.75, 3.05) is 0 Å². The van der Waals surface area contributed by atoms with Gasteiger partial charge in [0.2, 0.25) is 0 Å². The van der Waals surface area contributed by atoms with Crippen LogP contribution in [0.15, 0.2) is 0 Å². The minimum absolute atomic E-state index is 0.676. The van der Waals surface area contributed by atoms with Gasteiger partial charge in [0.25, 0.3) is 0 Å². The summed E-state index contributed by atoms with van der Waals surface area (Å²) in [5, 5.41) is 0. The average Bonchev–Trinajstić information content (AvgIpc) is 2.00. The average molecular weight is 138 g/mol. The Morgan fingerprint density at radius 3 is 1.90 bits per heavy atom. The second kappa shape index (κ2) is 4.82. The first-order chi connectivity index (χ1) is 4.63. The van der Waals surface area contributed by atoms with E-state index in [0.717, 1.165) is 18.2 Å². The predicted octanol–water partition coefficient (Wildman–Crippen LogP) is 2.89. The lowest BCUT2D eigenvalue weighted by molar-refractivity contribution is 0.290. The molecule has 0 rings (SSSR count). The van der Waals surface area contributed by atoms with Crippen molar-refractivity contribution in [1.29, 1.82) is 0 Å². The smallest absolute Gasteiger partial charge is 0.0656 e. The molecule has 0 aromatic rings. The van der Waals surface area contributed by atoms with E-state index in [9.17, 15) is 0 Å². The molecule has 0 aliphatic heterocycles. The van der Waals surface area contributed by atoms with E-state index in [1.807, 2.05) is 0 Å². The molecule has 0 aromatic carbocycles. The van der Waals surface area contributed by atoms with Crippen molar-refractivity contribution >= 4 is 7.85 Å². The van der Waals surface area contributed by atoms with Gasteiger partial charge in [0.05, 0.1) is 7.85 Å². The van der Waals surface area contributed by atoms with Gasteiger partial charge < -0.3 is 0 Å². The van der Waals surface area contributed by atoms with Crippen LogP contribution < -0.4 is 0 Å². The van der Waals surface area contributed by atoms with Gasteiger partial charge in [-0.05, 0) is 17.8 Å². The van der Waals surface area contributed by atoms with Crippen molar-refractivity contribution < 1.29 is 0 Å². The van der Waals surface area contributed by atoms with Gasteiger partial charge in [0.1, 0.15) is 0 Å². The van der Waals surface area contributed by atoms with Crippen molar-refractivity contribution in [3.8, 4) is 0 Å². The third-order valence-electron chi connectivity index (χ3n) is 2.81. The fourth-order valence-corrected chi connectivity index (χ4v) is 1.15. The lowest BCUT2D eigenvalue weighted by Crippen LogP contribution is -2.15. The van der Waals surface area contributed by atoms with Crippen molar-refractivity contribution in [2.24, 2.45) is 17.8 Å². The molecule has 10 heavy (non-hydrogen) atoms. The largest absolute Gasteiger partial charge is 0.0859 e. The topological polar surface area (TPSA) is 0 Å². The molecule has 0 nitrogen and oxygen atoms in total. The Hall–Kier alpha value is 0.0649. The first kappa shape index (κ1) is 10.1. The molecule has 0 fully saturated rings. The molecule has 0 amide bonds. The van der Waals surface area contributed by atoms with Crippen LogP contribution in [0.2, 0.25) is 6.32 Å². The summed E-state index contributed by atoms with van der Waals surface area (Å²) in [4.78, 5) is 0. The highest BCUT2D eigenvalue weighted by Gasteiger charge is 2.15. The van der Waals surface area contributed by atoms with Gasteiger partial charge in [0.15, 0.2) is 0 Å². The summed E-state index contributed by atoms with van der Waals surface area (Å²) >= 11 is 0. The van der Waals surface area contributed by atoms with Crippen molar-refractivity contribution in [3.05, 3.63) is 0 Å². The van der Waals surface area contributed by atoms with Crippen LogP contribution in [0.4, 0.5) is 0 Å². The molecular formula is C9H19B. The Bertz CT molecular complexity index is 70.8. The molecule has 0 saturated carbocycles. The normalized spacial score (nSPS) is 20.0. The molecule has 0 aliphatic rings. The van der Waals surface area contributed by atoms with E-state index in [4.69, 9.17) is 7.85 Å². The highest BCUT2D eigenvalue weighted by Crippen LogP contribution is 2.24. The summed E-state index contributed by atoms with van der Waals surface area (Å²) in [5.74, 6) is 2.27. The van der Waals surface area contributed by atoms with E-state index in [0.29, 0.717) is 5.92 Å². The monoisotopic (exact) mass is 138 g/mol. The lowest BCUT2D eigenvalue weighted by atomic mass is 9.77. The molecule has 0 bridgehead atoms. The first-order valence-corrected chi connectivity index (χ1v) is 4.33. The fourth-order valence-electron chi connectivity index (χ4n) is 1.15. The summed E-state index contributed by atoms with van der Waals surface area (Å²) in [7, 11) is 5.57. The van der Waals surface area contributed by atoms with E-state index in [1.165, 1.54) is 6.42 Å². The van der Waals surface area contributed by atoms with Crippen LogP contribution in [0.5, 0.6) is 0 Å². The molecule has 2 radical (unpaired) electrons. The van der Waals surface area contributed by atoms with E-state index in [2.05, 4.69) is 27.7 Å². The van der Waals surface area contributed by atoms with Crippen LogP contribution >= 0.6 is 0 Å². The van der Waals surface area contributed by atoms with Gasteiger partial charge in [-0.1, -0.05) is 40.4 Å². The molecule has 1 heteroatoms. The van der Waals surface area contributed by atoms with E-state index < -0.39 is 0 Å². The number of rotatable bonds is 4. The summed E-state index contributed by atoms with van der Waals surface area (Å²) in [6.07, 6.45) is 2.09. The maximum absolute atomic E-state index is 5.57. The molecule has 0 N–H and O–H groups in total. The molecular weight excluding hydrogens is 119 g/mol. The van der Waals surface area contributed by atoms with Gasteiger partial charge in [-0.3, -0.25) is 0 Å². The minimum atomic E-state index is 0.676. The van der Waals surface area contributed by atoms with Crippen LogP contribution in [0.25, 0.3) is 0 Å². The maximum Gasteiger partial charge on any atom is 0.0656 e. The van der Waals surface area contributed by atoms with Gasteiger partial charge in [-0.15, -0.1) is 0 Å². The van der Waals surface area contributed by atoms with Crippen molar-refractivity contribution in [3.63, 3.8) is 0 Å². The Morgan fingerprint density at radius 1 is 1.10 bits per heavy atom. The second-order valence-corrected chi connectivity index (χ2v) is 3.46. The number of hydrogen-bond acceptors (Lipinski definition) is 0. The van der Waals surface area contributed by atoms with Gasteiger partial charge in [-0.2, -0.15) is 0 Å². The highest BCUT2D eigenvalue weighted by atomic mass is 14.2. The molecule has 0 heterocycles. The van der Waals surface area contributed by atoms with Gasteiger partial charge in [0, 0.05) is 0 Å². The Kier molecular flexibility index (Phi) is 4.85. The van der Waals surface area contributed by atoms with E-state index in [1.54, 1.807) is 0 Å². The van der Waals surface area contributed by atoms with Crippen LogP contribution in [0, 0.1) is 17.8 Å². The Balaban J connectivity index is 3.69. The van der Waals surface area contributed by atoms with E-state index in [-0.39, 0.29) is 0 Å². The summed E-state index contributed by atoms with van der Waals surface area (Å²) in [6.45, 7) is 9.07. The highest BCUT2D eigenvalue weighted by molar-refractivity contribution is 6.08. The summed E-state index contributed by atoms with van der Waals surface area (Å²) in [6, 6.07) is 0. The molecule has 0 aliphatic carbocycles. The van der Waals surface area contributed by atoms with Gasteiger partial charge >= 0.3 is 0 Å². The third kappa shape index (κ3) is 2.77. The van der Waals surface area contributed by atoms with Crippen LogP contribution in [-0.4, -0.2) is 7.85 Å². The molecule has 3 atom stereocenters. The molecule has 0 aromatic heterocycles. The summed E-state index contributed by atoms with van der Waals surface area (Å²) in [5.41, 5.74) is 0. The molecule has 0 saturated heterocycles. The quantitative estimate of drug-likeness (QED) is 0.524. The van der Waals surface area contributed by atoms with Crippen LogP contribution in [-0.2, 0) is 0 Å². The zero-order chi connectivity index (χ0) is 8.15. The summed E-state index contributed by atoms with van der Waals surface area (Å²) < 4.78 is 0. The van der Waals surface area contributed by atoms with Crippen LogP contribution in [0.3, 0.4) is 0 Å². The molecule has 3 unspecified atom stereocenters. The van der Waals surface area contributed by atoms with Crippen molar-refractivity contribution in [1.82, 2.24) is 0 Å². The SMILES string of the molecule is [B]CC(C)C(C)C(C)CC.